The zero-order valence-electron chi connectivity index (χ0n) is 33.5. The summed E-state index contributed by atoms with van der Waals surface area (Å²) in [5.74, 6) is -1.24. The number of H-pyrrole nitrogens is 1. The number of halogens is 1. The topological polar surface area (TPSA) is 170 Å². The van der Waals surface area contributed by atoms with E-state index in [4.69, 9.17) is 4.74 Å². The van der Waals surface area contributed by atoms with Crippen LogP contribution in [0, 0.1) is 23.7 Å². The Bertz CT molecular complexity index is 1790. The molecule has 306 valence electrons. The molecular weight excluding hydrogens is 728 g/mol. The van der Waals surface area contributed by atoms with Gasteiger partial charge in [-0.05, 0) is 123 Å². The second kappa shape index (κ2) is 17.6. The van der Waals surface area contributed by atoms with E-state index in [2.05, 4.69) is 20.3 Å². The molecule has 2 aromatic rings. The number of hydrogen-bond acceptors (Lipinski definition) is 7. The summed E-state index contributed by atoms with van der Waals surface area (Å²) < 4.78 is 49.0. The molecule has 2 aliphatic carbocycles. The van der Waals surface area contributed by atoms with E-state index in [9.17, 15) is 32.0 Å². The minimum absolute atomic E-state index is 0.0238. The van der Waals surface area contributed by atoms with Crippen LogP contribution in [0.2, 0.25) is 0 Å². The van der Waals surface area contributed by atoms with Crippen molar-refractivity contribution in [3.05, 3.63) is 30.0 Å². The summed E-state index contributed by atoms with van der Waals surface area (Å²) in [5.41, 5.74) is 0.639. The number of anilines is 1. The molecule has 15 heteroatoms. The van der Waals surface area contributed by atoms with Crippen molar-refractivity contribution in [2.75, 3.05) is 18.5 Å². The van der Waals surface area contributed by atoms with Gasteiger partial charge >= 0.3 is 16.3 Å². The van der Waals surface area contributed by atoms with Gasteiger partial charge in [-0.2, -0.15) is 12.7 Å². The third-order valence-corrected chi connectivity index (χ3v) is 13.3. The number of carbonyl (C=O) groups is 4. The number of hydrogen-bond donors (Lipinski definition) is 4. The van der Waals surface area contributed by atoms with Gasteiger partial charge in [0.05, 0.1) is 0 Å². The van der Waals surface area contributed by atoms with E-state index < -0.39 is 46.6 Å². The van der Waals surface area contributed by atoms with Gasteiger partial charge in [-0.25, -0.2) is 13.9 Å². The number of fused-ring (bicyclic) bond motifs is 1. The first-order valence-corrected chi connectivity index (χ1v) is 21.5. The number of nitrogens with zero attached hydrogens (tertiary/aromatic N) is 2. The van der Waals surface area contributed by atoms with Gasteiger partial charge in [-0.15, -0.1) is 0 Å². The number of likely N-dealkylation sites (tertiary alicyclic amines) is 1. The molecule has 0 unspecified atom stereocenters. The highest BCUT2D eigenvalue weighted by molar-refractivity contribution is 7.87. The van der Waals surface area contributed by atoms with Gasteiger partial charge < -0.3 is 25.3 Å². The van der Waals surface area contributed by atoms with Crippen LogP contribution >= 0.6 is 0 Å². The minimum Gasteiger partial charge on any atom is -0.443 e. The van der Waals surface area contributed by atoms with Gasteiger partial charge in [-0.3, -0.25) is 14.4 Å². The van der Waals surface area contributed by atoms with Crippen LogP contribution in [0.15, 0.2) is 24.3 Å². The van der Waals surface area contributed by atoms with Gasteiger partial charge in [0.15, 0.2) is 0 Å². The molecule has 2 heterocycles. The quantitative estimate of drug-likeness (QED) is 0.186. The minimum atomic E-state index is -4.10. The van der Waals surface area contributed by atoms with E-state index >= 15 is 0 Å². The number of alkyl halides is 1. The molecule has 4 N–H and O–H groups in total. The van der Waals surface area contributed by atoms with E-state index in [0.717, 1.165) is 32.1 Å². The number of ether oxygens (including phenoxy) is 1. The summed E-state index contributed by atoms with van der Waals surface area (Å²) in [6, 6.07) is 5.37. The van der Waals surface area contributed by atoms with Crippen LogP contribution in [-0.4, -0.2) is 89.4 Å². The number of aromatic nitrogens is 1. The predicted octanol–water partition coefficient (Wildman–Crippen LogP) is 6.67. The van der Waals surface area contributed by atoms with Gasteiger partial charge in [0.25, 0.3) is 5.91 Å². The molecule has 3 aliphatic rings. The van der Waals surface area contributed by atoms with Gasteiger partial charge in [-0.1, -0.05) is 32.1 Å². The average molecular weight is 789 g/mol. The number of aromatic amines is 1. The molecule has 1 aliphatic heterocycles. The lowest BCUT2D eigenvalue weighted by atomic mass is 9.76. The molecule has 2 saturated carbocycles. The van der Waals surface area contributed by atoms with Crippen LogP contribution in [0.25, 0.3) is 10.9 Å². The largest absolute Gasteiger partial charge is 0.443 e. The summed E-state index contributed by atoms with van der Waals surface area (Å²) in [6.45, 7) is 12.1. The molecule has 13 nitrogen and oxygen atoms in total. The SMILES string of the molecule is CC(C)N(C(C)C)S(=O)(=O)NC(=O)c1cc2cc(NC(=O)[C@@H]3[C@H](C4CCCCC4)CCN3C(=O)C3CCC([C@@H](CF)OC(=O)NC(C)(C)C)CC3)ccc2[nH]1. The average Bonchev–Trinajstić information content (AvgIpc) is 3.74. The smallest absolute Gasteiger partial charge is 0.407 e. The maximum atomic E-state index is 14.3. The number of nitrogens with one attached hydrogen (secondary N) is 4. The van der Waals surface area contributed by atoms with Crippen molar-refractivity contribution >= 4 is 50.6 Å². The highest BCUT2D eigenvalue weighted by Gasteiger charge is 2.47. The molecule has 5 rings (SSSR count). The van der Waals surface area contributed by atoms with E-state index in [1.54, 1.807) is 56.9 Å². The Hall–Kier alpha value is -3.72. The van der Waals surface area contributed by atoms with Crippen molar-refractivity contribution in [3.8, 4) is 0 Å². The Kier molecular flexibility index (Phi) is 13.6. The Labute approximate surface area is 325 Å². The lowest BCUT2D eigenvalue weighted by molar-refractivity contribution is -0.142. The van der Waals surface area contributed by atoms with Crippen LogP contribution in [0.5, 0.6) is 0 Å². The third kappa shape index (κ3) is 10.4. The third-order valence-electron chi connectivity index (χ3n) is 11.4. The van der Waals surface area contributed by atoms with Crippen molar-refractivity contribution in [2.45, 2.75) is 142 Å². The summed E-state index contributed by atoms with van der Waals surface area (Å²) in [6.07, 6.45) is 6.78. The van der Waals surface area contributed by atoms with Gasteiger partial charge in [0.2, 0.25) is 11.8 Å². The molecule has 55 heavy (non-hydrogen) atoms. The highest BCUT2D eigenvalue weighted by Crippen LogP contribution is 2.42. The van der Waals surface area contributed by atoms with Crippen molar-refractivity contribution in [1.82, 2.24) is 24.2 Å². The van der Waals surface area contributed by atoms with E-state index in [1.807, 2.05) is 20.8 Å². The Morgan fingerprint density at radius 3 is 2.20 bits per heavy atom. The van der Waals surface area contributed by atoms with Crippen molar-refractivity contribution in [1.29, 1.82) is 0 Å². The molecule has 1 aromatic heterocycles. The summed E-state index contributed by atoms with van der Waals surface area (Å²) in [5, 5.41) is 6.39. The lowest BCUT2D eigenvalue weighted by Crippen LogP contribution is -2.50. The summed E-state index contributed by atoms with van der Waals surface area (Å²) >= 11 is 0. The van der Waals surface area contributed by atoms with E-state index in [1.165, 1.54) is 10.7 Å². The maximum Gasteiger partial charge on any atom is 0.407 e. The van der Waals surface area contributed by atoms with Crippen molar-refractivity contribution < 1.29 is 36.7 Å². The summed E-state index contributed by atoms with van der Waals surface area (Å²) in [4.78, 5) is 58.7. The van der Waals surface area contributed by atoms with E-state index in [0.29, 0.717) is 54.7 Å². The molecule has 0 bridgehead atoms. The number of amides is 4. The Balaban J connectivity index is 1.28. The fraction of sp³-hybridized carbons (Fsp3) is 0.700. The monoisotopic (exact) mass is 788 g/mol. The first kappa shape index (κ1) is 42.4. The Morgan fingerprint density at radius 2 is 1.60 bits per heavy atom. The second-order valence-corrected chi connectivity index (χ2v) is 18.9. The molecule has 4 amide bonds. The van der Waals surface area contributed by atoms with E-state index in [-0.39, 0.29) is 47.3 Å². The highest BCUT2D eigenvalue weighted by atomic mass is 32.2. The zero-order valence-corrected chi connectivity index (χ0v) is 34.3. The zero-order chi connectivity index (χ0) is 40.2. The van der Waals surface area contributed by atoms with Crippen LogP contribution in [0.4, 0.5) is 14.9 Å². The Morgan fingerprint density at radius 1 is 0.945 bits per heavy atom. The molecule has 1 saturated heterocycles. The van der Waals surface area contributed by atoms with Crippen LogP contribution < -0.4 is 15.4 Å². The normalized spacial score (nSPS) is 23.3. The van der Waals surface area contributed by atoms with Crippen LogP contribution in [0.1, 0.15) is 123 Å². The van der Waals surface area contributed by atoms with Crippen molar-refractivity contribution in [3.63, 3.8) is 0 Å². The molecule has 3 fully saturated rings. The summed E-state index contributed by atoms with van der Waals surface area (Å²) in [7, 11) is -4.10. The number of alkyl carbamates (subject to hydrolysis) is 1. The van der Waals surface area contributed by atoms with Gasteiger partial charge in [0, 0.05) is 46.7 Å². The molecule has 1 aromatic carbocycles. The maximum absolute atomic E-state index is 14.3. The predicted molar refractivity (Wildman–Crippen MR) is 210 cm³/mol. The standard InChI is InChI=1S/C40H61FN6O7S/c1-24(2)47(25(3)4)55(52,53)45-36(48)33-22-29-21-30(17-18-32(29)43-33)42-37(49)35-31(26-11-9-8-10-12-26)19-20-46(35)38(50)28-15-13-27(14-16-28)34(23-41)54-39(51)44-40(5,6)7/h17-18,21-22,24-28,31,34-35,43H,8-16,19-20,23H2,1-7H3,(H,42,49)(H,44,51)(H,45,48)/t27?,28?,31-,34+,35-/m0/s1. The second-order valence-electron chi connectivity index (χ2n) is 17.3. The van der Waals surface area contributed by atoms with Crippen LogP contribution in [-0.2, 0) is 24.5 Å². The molecule has 3 atom stereocenters. The number of benzene rings is 1. The molecule has 0 radical (unpaired) electrons. The molecule has 0 spiro atoms. The lowest BCUT2D eigenvalue weighted by Gasteiger charge is -2.37. The van der Waals surface area contributed by atoms with Gasteiger partial charge in [0.1, 0.15) is 24.5 Å². The first-order chi connectivity index (χ1) is 25.9. The molecular formula is C40H61FN6O7S. The van der Waals surface area contributed by atoms with Crippen molar-refractivity contribution in [2.24, 2.45) is 23.7 Å². The van der Waals surface area contributed by atoms with Crippen LogP contribution in [0.3, 0.4) is 0 Å². The fourth-order valence-corrected chi connectivity index (χ4v) is 10.6. The number of rotatable bonds is 12. The first-order valence-electron chi connectivity index (χ1n) is 20.0. The fourth-order valence-electron chi connectivity index (χ4n) is 9.08. The number of carbonyl (C=O) groups excluding carboxylic acids is 4.